The van der Waals surface area contributed by atoms with Gasteiger partial charge in [0.2, 0.25) is 0 Å². The molecule has 0 bridgehead atoms. The molecule has 144 valence electrons. The number of rotatable bonds is 6. The molecule has 1 aliphatic rings. The van der Waals surface area contributed by atoms with Crippen LogP contribution in [0.4, 0.5) is 4.39 Å². The first-order valence-electron chi connectivity index (χ1n) is 8.86. The lowest BCUT2D eigenvalue weighted by Gasteiger charge is -2.19. The first-order valence-corrected chi connectivity index (χ1v) is 8.86. The first-order chi connectivity index (χ1) is 13.0. The van der Waals surface area contributed by atoms with Crippen LogP contribution in [-0.4, -0.2) is 32.6 Å². The number of halogens is 1. The van der Waals surface area contributed by atoms with Gasteiger partial charge >= 0.3 is 5.97 Å². The van der Waals surface area contributed by atoms with Crippen LogP contribution in [0.5, 0.6) is 0 Å². The minimum Gasteiger partial charge on any atom is -0.465 e. The summed E-state index contributed by atoms with van der Waals surface area (Å²) in [5, 5.41) is 6.41. The third kappa shape index (κ3) is 4.13. The van der Waals surface area contributed by atoms with Crippen molar-refractivity contribution in [1.29, 1.82) is 0 Å². The van der Waals surface area contributed by atoms with E-state index in [4.69, 9.17) is 9.15 Å². The molecule has 0 aliphatic heterocycles. The SMILES string of the molecule is CN=C(NCc1cc(C(=O)OC)c(C)o1)NCC1(c2ccccc2F)CC1. The van der Waals surface area contributed by atoms with Gasteiger partial charge in [-0.1, -0.05) is 18.2 Å². The predicted molar refractivity (Wildman–Crippen MR) is 100 cm³/mol. The number of hydrogen-bond acceptors (Lipinski definition) is 4. The van der Waals surface area contributed by atoms with Crippen LogP contribution < -0.4 is 10.6 Å². The smallest absolute Gasteiger partial charge is 0.341 e. The molecule has 1 saturated carbocycles. The average molecular weight is 373 g/mol. The topological polar surface area (TPSA) is 75.9 Å². The van der Waals surface area contributed by atoms with Gasteiger partial charge in [-0.05, 0) is 37.5 Å². The number of furan rings is 1. The van der Waals surface area contributed by atoms with E-state index in [1.807, 2.05) is 12.1 Å². The fraction of sp³-hybridized carbons (Fsp3) is 0.400. The maximum absolute atomic E-state index is 14.1. The summed E-state index contributed by atoms with van der Waals surface area (Å²) >= 11 is 0. The number of nitrogens with zero attached hydrogens (tertiary/aromatic N) is 1. The Kier molecular flexibility index (Phi) is 5.48. The summed E-state index contributed by atoms with van der Waals surface area (Å²) in [4.78, 5) is 15.9. The second-order valence-electron chi connectivity index (χ2n) is 6.71. The van der Waals surface area contributed by atoms with Gasteiger partial charge in [-0.3, -0.25) is 4.99 Å². The van der Waals surface area contributed by atoms with Crippen LogP contribution in [0.3, 0.4) is 0 Å². The third-order valence-electron chi connectivity index (χ3n) is 4.92. The standard InChI is InChI=1S/C20H24FN3O3/c1-13-15(18(25)26-3)10-14(27-13)11-23-19(22-2)24-12-20(8-9-20)16-6-4-5-7-17(16)21/h4-7,10H,8-9,11-12H2,1-3H3,(H2,22,23,24). The van der Waals surface area contributed by atoms with Gasteiger partial charge in [0.1, 0.15) is 22.9 Å². The van der Waals surface area contributed by atoms with Crippen LogP contribution >= 0.6 is 0 Å². The quantitative estimate of drug-likeness (QED) is 0.463. The Morgan fingerprint density at radius 1 is 1.33 bits per heavy atom. The molecule has 0 spiro atoms. The summed E-state index contributed by atoms with van der Waals surface area (Å²) in [6.07, 6.45) is 1.88. The number of hydrogen-bond donors (Lipinski definition) is 2. The van der Waals surface area contributed by atoms with Crippen molar-refractivity contribution in [3.05, 3.63) is 58.8 Å². The largest absolute Gasteiger partial charge is 0.465 e. The Bertz CT molecular complexity index is 856. The van der Waals surface area contributed by atoms with Crippen LogP contribution in [0.2, 0.25) is 0 Å². The molecular formula is C20H24FN3O3. The van der Waals surface area contributed by atoms with Gasteiger partial charge in [-0.15, -0.1) is 0 Å². The van der Waals surface area contributed by atoms with Crippen LogP contribution in [-0.2, 0) is 16.7 Å². The summed E-state index contributed by atoms with van der Waals surface area (Å²) in [5.41, 5.74) is 0.980. The van der Waals surface area contributed by atoms with Crippen LogP contribution in [0.1, 0.15) is 40.3 Å². The molecule has 0 unspecified atom stereocenters. The molecule has 0 radical (unpaired) electrons. The molecule has 0 amide bonds. The maximum atomic E-state index is 14.1. The molecule has 1 aromatic carbocycles. The van der Waals surface area contributed by atoms with Gasteiger partial charge in [0.25, 0.3) is 0 Å². The van der Waals surface area contributed by atoms with Gasteiger partial charge in [0.05, 0.1) is 13.7 Å². The van der Waals surface area contributed by atoms with Crippen LogP contribution in [0, 0.1) is 12.7 Å². The van der Waals surface area contributed by atoms with Gasteiger partial charge in [-0.2, -0.15) is 0 Å². The van der Waals surface area contributed by atoms with Crippen molar-refractivity contribution in [3.63, 3.8) is 0 Å². The number of esters is 1. The van der Waals surface area contributed by atoms with E-state index in [0.717, 1.165) is 18.4 Å². The molecule has 0 atom stereocenters. The van der Waals surface area contributed by atoms with Crippen molar-refractivity contribution < 1.29 is 18.3 Å². The highest BCUT2D eigenvalue weighted by molar-refractivity contribution is 5.90. The highest BCUT2D eigenvalue weighted by Crippen LogP contribution is 2.48. The lowest BCUT2D eigenvalue weighted by atomic mass is 9.95. The second kappa shape index (κ2) is 7.82. The van der Waals surface area contributed by atoms with Gasteiger partial charge in [0.15, 0.2) is 5.96 Å². The Morgan fingerprint density at radius 3 is 2.70 bits per heavy atom. The molecule has 6 nitrogen and oxygen atoms in total. The number of carbonyl (C=O) groups excluding carboxylic acids is 1. The second-order valence-corrected chi connectivity index (χ2v) is 6.71. The molecule has 1 fully saturated rings. The van der Waals surface area contributed by atoms with Crippen molar-refractivity contribution in [2.24, 2.45) is 4.99 Å². The lowest BCUT2D eigenvalue weighted by molar-refractivity contribution is 0.0599. The number of ether oxygens (including phenoxy) is 1. The molecule has 1 aliphatic carbocycles. The Morgan fingerprint density at radius 2 is 2.07 bits per heavy atom. The van der Waals surface area contributed by atoms with E-state index in [1.165, 1.54) is 13.2 Å². The van der Waals surface area contributed by atoms with Gasteiger partial charge in [-0.25, -0.2) is 9.18 Å². The van der Waals surface area contributed by atoms with Crippen LogP contribution in [0.25, 0.3) is 0 Å². The van der Waals surface area contributed by atoms with Crippen molar-refractivity contribution >= 4 is 11.9 Å². The number of carbonyl (C=O) groups is 1. The highest BCUT2D eigenvalue weighted by atomic mass is 19.1. The summed E-state index contributed by atoms with van der Waals surface area (Å²) in [5.74, 6) is 1.11. The zero-order valence-electron chi connectivity index (χ0n) is 15.8. The zero-order chi connectivity index (χ0) is 19.4. The summed E-state index contributed by atoms with van der Waals surface area (Å²) < 4.78 is 24.4. The number of aliphatic imine (C=N–C) groups is 1. The van der Waals surface area contributed by atoms with E-state index in [1.54, 1.807) is 26.1 Å². The van der Waals surface area contributed by atoms with Crippen LogP contribution in [0.15, 0.2) is 39.7 Å². The maximum Gasteiger partial charge on any atom is 0.341 e. The number of benzene rings is 1. The first kappa shape index (κ1) is 18.9. The Labute approximate surface area is 157 Å². The molecule has 2 N–H and O–H groups in total. The van der Waals surface area contributed by atoms with Crippen molar-refractivity contribution in [3.8, 4) is 0 Å². The Hall–Kier alpha value is -2.83. The minimum absolute atomic E-state index is 0.166. The molecule has 3 rings (SSSR count). The molecular weight excluding hydrogens is 349 g/mol. The summed E-state index contributed by atoms with van der Waals surface area (Å²) in [7, 11) is 3.01. The van der Waals surface area contributed by atoms with Crippen molar-refractivity contribution in [2.75, 3.05) is 20.7 Å². The fourth-order valence-corrected chi connectivity index (χ4v) is 3.17. The number of methoxy groups -OCH3 is 1. The molecule has 2 aromatic rings. The van der Waals surface area contributed by atoms with Crippen molar-refractivity contribution in [2.45, 2.75) is 31.7 Å². The number of nitrogens with one attached hydrogen (secondary N) is 2. The van der Waals surface area contributed by atoms with E-state index in [9.17, 15) is 9.18 Å². The zero-order valence-corrected chi connectivity index (χ0v) is 15.8. The highest BCUT2D eigenvalue weighted by Gasteiger charge is 2.45. The normalized spacial score (nSPS) is 15.3. The minimum atomic E-state index is -0.425. The van der Waals surface area contributed by atoms with Gasteiger partial charge < -0.3 is 19.8 Å². The lowest BCUT2D eigenvalue weighted by Crippen LogP contribution is -2.41. The fourth-order valence-electron chi connectivity index (χ4n) is 3.17. The van der Waals surface area contributed by atoms with Gasteiger partial charge in [0, 0.05) is 19.0 Å². The summed E-state index contributed by atoms with van der Waals surface area (Å²) in [6, 6.07) is 8.57. The molecule has 0 saturated heterocycles. The number of aryl methyl sites for hydroxylation is 1. The van der Waals surface area contributed by atoms with E-state index in [-0.39, 0.29) is 11.2 Å². The molecule has 27 heavy (non-hydrogen) atoms. The number of guanidine groups is 1. The predicted octanol–water partition coefficient (Wildman–Crippen LogP) is 2.91. The average Bonchev–Trinajstić information content (AvgIpc) is 3.37. The van der Waals surface area contributed by atoms with E-state index in [0.29, 0.717) is 36.1 Å². The summed E-state index contributed by atoms with van der Waals surface area (Å²) in [6.45, 7) is 2.68. The van der Waals surface area contributed by atoms with E-state index in [2.05, 4.69) is 15.6 Å². The molecule has 1 aromatic heterocycles. The third-order valence-corrected chi connectivity index (χ3v) is 4.92. The molecule has 7 heteroatoms. The monoisotopic (exact) mass is 373 g/mol. The van der Waals surface area contributed by atoms with E-state index < -0.39 is 5.97 Å². The van der Waals surface area contributed by atoms with Crippen molar-refractivity contribution in [1.82, 2.24) is 10.6 Å². The Balaban J connectivity index is 1.58. The van der Waals surface area contributed by atoms with E-state index >= 15 is 0 Å². The molecule has 1 heterocycles.